The van der Waals surface area contributed by atoms with Gasteiger partial charge in [-0.05, 0) is 30.9 Å². The van der Waals surface area contributed by atoms with Crippen molar-refractivity contribution in [3.05, 3.63) is 57.8 Å². The van der Waals surface area contributed by atoms with Crippen LogP contribution in [0.2, 0.25) is 0 Å². The predicted molar refractivity (Wildman–Crippen MR) is 104 cm³/mol. The molecule has 3 rings (SSSR count). The van der Waals surface area contributed by atoms with E-state index in [2.05, 4.69) is 12.2 Å². The zero-order chi connectivity index (χ0) is 20.1. The third-order valence-electron chi connectivity index (χ3n) is 5.05. The van der Waals surface area contributed by atoms with Gasteiger partial charge in [0.2, 0.25) is 0 Å². The van der Waals surface area contributed by atoms with Crippen LogP contribution in [0.15, 0.2) is 46.4 Å². The van der Waals surface area contributed by atoms with E-state index in [1.807, 2.05) is 6.07 Å². The predicted octanol–water partition coefficient (Wildman–Crippen LogP) is 4.46. The largest absolute Gasteiger partial charge is 0.457 e. The fraction of sp³-hybridized carbons (Fsp3) is 0.333. The van der Waals surface area contributed by atoms with Crippen LogP contribution in [0.5, 0.6) is 0 Å². The number of hydrogen-bond donors (Lipinski definition) is 1. The number of amides is 1. The van der Waals surface area contributed by atoms with Gasteiger partial charge < -0.3 is 9.73 Å². The van der Waals surface area contributed by atoms with Gasteiger partial charge in [-0.15, -0.1) is 0 Å². The number of benzene rings is 1. The molecule has 1 amide bonds. The van der Waals surface area contributed by atoms with Gasteiger partial charge in [-0.1, -0.05) is 31.9 Å². The third-order valence-corrected chi connectivity index (χ3v) is 5.05. The van der Waals surface area contributed by atoms with Crippen molar-refractivity contribution < 1.29 is 14.1 Å². The molecule has 1 saturated carbocycles. The molecule has 1 aromatic heterocycles. The zero-order valence-corrected chi connectivity index (χ0v) is 15.6. The first-order valence-electron chi connectivity index (χ1n) is 9.25. The van der Waals surface area contributed by atoms with E-state index in [-0.39, 0.29) is 17.3 Å². The third kappa shape index (κ3) is 4.46. The summed E-state index contributed by atoms with van der Waals surface area (Å²) in [5.41, 5.74) is 0.482. The fourth-order valence-corrected chi connectivity index (χ4v) is 3.43. The Bertz CT molecular complexity index is 955. The summed E-state index contributed by atoms with van der Waals surface area (Å²) in [5.74, 6) is 0.745. The van der Waals surface area contributed by atoms with Crippen LogP contribution >= 0.6 is 0 Å². The SMILES string of the molecule is CC1CCCCC1NC(=O)/C(C#N)=C/c1ccc(-c2cccc([N+](=O)[O-])c2)o1. The average Bonchev–Trinajstić information content (AvgIpc) is 3.16. The highest BCUT2D eigenvalue weighted by Gasteiger charge is 2.24. The first-order valence-corrected chi connectivity index (χ1v) is 9.25. The van der Waals surface area contributed by atoms with E-state index in [9.17, 15) is 20.2 Å². The number of nitrogens with zero attached hydrogens (tertiary/aromatic N) is 2. The number of non-ortho nitro benzene ring substituents is 1. The summed E-state index contributed by atoms with van der Waals surface area (Å²) >= 11 is 0. The highest BCUT2D eigenvalue weighted by Crippen LogP contribution is 2.27. The van der Waals surface area contributed by atoms with E-state index in [4.69, 9.17) is 4.42 Å². The molecule has 1 heterocycles. The molecule has 1 N–H and O–H groups in total. The lowest BCUT2D eigenvalue weighted by Crippen LogP contribution is -2.41. The van der Waals surface area contributed by atoms with Gasteiger partial charge in [0.1, 0.15) is 23.2 Å². The summed E-state index contributed by atoms with van der Waals surface area (Å²) in [6.45, 7) is 2.11. The molecule has 7 heteroatoms. The molecule has 1 fully saturated rings. The minimum Gasteiger partial charge on any atom is -0.457 e. The molecule has 28 heavy (non-hydrogen) atoms. The molecule has 2 unspecified atom stereocenters. The van der Waals surface area contributed by atoms with Gasteiger partial charge in [-0.3, -0.25) is 14.9 Å². The fourth-order valence-electron chi connectivity index (χ4n) is 3.43. The van der Waals surface area contributed by atoms with Gasteiger partial charge in [0.15, 0.2) is 0 Å². The monoisotopic (exact) mass is 379 g/mol. The van der Waals surface area contributed by atoms with Crippen LogP contribution in [0, 0.1) is 27.4 Å². The maximum Gasteiger partial charge on any atom is 0.270 e. The standard InChI is InChI=1S/C21H21N3O4/c1-14-5-2-3-8-19(14)23-21(25)16(13-22)12-18-9-10-20(28-18)15-6-4-7-17(11-15)24(26)27/h4,6-7,9-12,14,19H,2-3,5,8H2,1H3,(H,23,25)/b16-12+. The van der Waals surface area contributed by atoms with Crippen LogP contribution in [0.1, 0.15) is 38.4 Å². The minimum absolute atomic E-state index is 0.0299. The summed E-state index contributed by atoms with van der Waals surface area (Å²) in [6, 6.07) is 11.4. The molecule has 0 bridgehead atoms. The first kappa shape index (κ1) is 19.4. The second-order valence-electron chi connectivity index (χ2n) is 7.02. The molecule has 7 nitrogen and oxygen atoms in total. The number of carbonyl (C=O) groups excluding carboxylic acids is 1. The molecular formula is C21H21N3O4. The Balaban J connectivity index is 1.76. The number of rotatable bonds is 5. The lowest BCUT2D eigenvalue weighted by molar-refractivity contribution is -0.384. The number of furan rings is 1. The van der Waals surface area contributed by atoms with Crippen molar-refractivity contribution in [2.24, 2.45) is 5.92 Å². The van der Waals surface area contributed by atoms with Crippen molar-refractivity contribution in [1.82, 2.24) is 5.32 Å². The Hall–Kier alpha value is -3.40. The molecule has 0 saturated heterocycles. The van der Waals surface area contributed by atoms with Gasteiger partial charge in [0.25, 0.3) is 11.6 Å². The van der Waals surface area contributed by atoms with Gasteiger partial charge in [0, 0.05) is 29.8 Å². The minimum atomic E-state index is -0.475. The second kappa shape index (κ2) is 8.53. The van der Waals surface area contributed by atoms with Crippen molar-refractivity contribution in [3.8, 4) is 17.4 Å². The van der Waals surface area contributed by atoms with Gasteiger partial charge in [-0.2, -0.15) is 5.26 Å². The molecule has 0 spiro atoms. The normalized spacial score (nSPS) is 19.6. The number of nitrogens with one attached hydrogen (secondary N) is 1. The van der Waals surface area contributed by atoms with Gasteiger partial charge >= 0.3 is 0 Å². The van der Waals surface area contributed by atoms with E-state index in [1.54, 1.807) is 24.3 Å². The van der Waals surface area contributed by atoms with Crippen LogP contribution < -0.4 is 5.32 Å². The highest BCUT2D eigenvalue weighted by molar-refractivity contribution is 6.01. The first-order chi connectivity index (χ1) is 13.5. The molecule has 1 aliphatic carbocycles. The van der Waals surface area contributed by atoms with Crippen molar-refractivity contribution in [1.29, 1.82) is 5.26 Å². The Morgan fingerprint density at radius 1 is 1.32 bits per heavy atom. The van der Waals surface area contributed by atoms with Gasteiger partial charge in [0.05, 0.1) is 4.92 Å². The molecule has 0 radical (unpaired) electrons. The Labute approximate surface area is 162 Å². The lowest BCUT2D eigenvalue weighted by atomic mass is 9.86. The molecule has 1 aromatic carbocycles. The maximum absolute atomic E-state index is 12.5. The zero-order valence-electron chi connectivity index (χ0n) is 15.6. The van der Waals surface area contributed by atoms with Crippen LogP contribution in [0.4, 0.5) is 5.69 Å². The van der Waals surface area contributed by atoms with Crippen molar-refractivity contribution >= 4 is 17.7 Å². The Morgan fingerprint density at radius 2 is 2.11 bits per heavy atom. The Morgan fingerprint density at radius 3 is 2.82 bits per heavy atom. The van der Waals surface area contributed by atoms with E-state index < -0.39 is 10.8 Å². The van der Waals surface area contributed by atoms with Crippen molar-refractivity contribution in [3.63, 3.8) is 0 Å². The molecule has 1 aliphatic rings. The second-order valence-corrected chi connectivity index (χ2v) is 7.02. The number of hydrogen-bond acceptors (Lipinski definition) is 5. The summed E-state index contributed by atoms with van der Waals surface area (Å²) in [7, 11) is 0. The lowest BCUT2D eigenvalue weighted by Gasteiger charge is -2.29. The van der Waals surface area contributed by atoms with Crippen molar-refractivity contribution in [2.45, 2.75) is 38.6 Å². The summed E-state index contributed by atoms with van der Waals surface area (Å²) in [5, 5.41) is 23.3. The average molecular weight is 379 g/mol. The van der Waals surface area contributed by atoms with E-state index in [1.165, 1.54) is 24.6 Å². The van der Waals surface area contributed by atoms with E-state index in [0.29, 0.717) is 23.0 Å². The molecule has 0 aliphatic heterocycles. The van der Waals surface area contributed by atoms with Gasteiger partial charge in [-0.25, -0.2) is 0 Å². The van der Waals surface area contributed by atoms with Crippen LogP contribution in [0.3, 0.4) is 0 Å². The van der Waals surface area contributed by atoms with Crippen LogP contribution in [-0.2, 0) is 4.79 Å². The van der Waals surface area contributed by atoms with E-state index >= 15 is 0 Å². The summed E-state index contributed by atoms with van der Waals surface area (Å²) in [6.07, 6.45) is 5.63. The number of nitro benzene ring substituents is 1. The van der Waals surface area contributed by atoms with Crippen LogP contribution in [0.25, 0.3) is 17.4 Å². The number of nitro groups is 1. The molecular weight excluding hydrogens is 358 g/mol. The summed E-state index contributed by atoms with van der Waals surface area (Å²) < 4.78 is 5.67. The maximum atomic E-state index is 12.5. The molecule has 2 atom stereocenters. The highest BCUT2D eigenvalue weighted by atomic mass is 16.6. The number of carbonyl (C=O) groups is 1. The van der Waals surface area contributed by atoms with Crippen molar-refractivity contribution in [2.75, 3.05) is 0 Å². The molecule has 144 valence electrons. The number of nitriles is 1. The van der Waals surface area contributed by atoms with Crippen LogP contribution in [-0.4, -0.2) is 16.9 Å². The van der Waals surface area contributed by atoms with E-state index in [0.717, 1.165) is 19.3 Å². The summed E-state index contributed by atoms with van der Waals surface area (Å²) in [4.78, 5) is 22.9. The smallest absolute Gasteiger partial charge is 0.270 e. The quantitative estimate of drug-likeness (QED) is 0.357. The topological polar surface area (TPSA) is 109 Å². The molecule has 2 aromatic rings. The Kier molecular flexibility index (Phi) is 5.90.